The Hall–Kier alpha value is -2.05. The first-order valence-corrected chi connectivity index (χ1v) is 12.9. The maximum absolute atomic E-state index is 12.1. The van der Waals surface area contributed by atoms with Crippen molar-refractivity contribution in [3.8, 4) is 0 Å². The molecular weight excluding hydrogens is 412 g/mol. The molecule has 0 radical (unpaired) electrons. The van der Waals surface area contributed by atoms with E-state index in [4.69, 9.17) is 9.51 Å². The average molecular weight is 449 g/mol. The lowest BCUT2D eigenvalue weighted by atomic mass is 9.66. The molecule has 0 spiro atoms. The normalized spacial score (nSPS) is 28.3. The molecule has 3 aliphatic carbocycles. The van der Waals surface area contributed by atoms with Crippen molar-refractivity contribution in [2.24, 2.45) is 5.41 Å². The molecule has 6 heteroatoms. The Balaban J connectivity index is 1.01. The van der Waals surface area contributed by atoms with Crippen LogP contribution in [0.1, 0.15) is 87.4 Å². The molecule has 1 aromatic heterocycles. The summed E-state index contributed by atoms with van der Waals surface area (Å²) in [6.45, 7) is 5.70. The van der Waals surface area contributed by atoms with Crippen LogP contribution in [0.15, 0.2) is 34.9 Å². The average Bonchev–Trinajstić information content (AvgIpc) is 3.72. The van der Waals surface area contributed by atoms with Crippen molar-refractivity contribution in [3.63, 3.8) is 0 Å². The minimum Gasteiger partial charge on any atom is -0.339 e. The van der Waals surface area contributed by atoms with Crippen LogP contribution in [0.2, 0.25) is 0 Å². The van der Waals surface area contributed by atoms with Gasteiger partial charge in [-0.3, -0.25) is 4.79 Å². The molecule has 2 atom stereocenters. The molecule has 0 bridgehead atoms. The van der Waals surface area contributed by atoms with Crippen LogP contribution in [0.5, 0.6) is 0 Å². The second kappa shape index (κ2) is 8.31. The van der Waals surface area contributed by atoms with Gasteiger partial charge in [0.1, 0.15) is 5.78 Å². The van der Waals surface area contributed by atoms with Gasteiger partial charge in [0.15, 0.2) is 5.82 Å². The van der Waals surface area contributed by atoms with Crippen LogP contribution in [0.3, 0.4) is 0 Å². The van der Waals surface area contributed by atoms with Crippen LogP contribution in [0.4, 0.5) is 0 Å². The summed E-state index contributed by atoms with van der Waals surface area (Å²) in [5.74, 6) is 3.12. The number of rotatable bonds is 9. The molecule has 1 saturated heterocycles. The first-order chi connectivity index (χ1) is 16.1. The number of likely N-dealkylation sites (tertiary alicyclic amines) is 1. The lowest BCUT2D eigenvalue weighted by Crippen LogP contribution is -2.48. The van der Waals surface area contributed by atoms with Gasteiger partial charge in [0.05, 0.1) is 0 Å². The molecule has 1 aliphatic heterocycles. The van der Waals surface area contributed by atoms with Gasteiger partial charge in [0.25, 0.3) is 0 Å². The quantitative estimate of drug-likeness (QED) is 0.620. The molecule has 176 valence electrons. The standard InChI is InChI=1S/C27H36N4O2/c1-19(32)27(10-5-11-27)18-31-14-8-21(9-15-31)24-29-25(30-33-24)26(12-13-26)17-28-23-16-22(23)20-6-3-2-4-7-20/h2-4,6-7,21-23,28H,5,8-18H2,1H3/t22-,23+/m0/s1. The maximum Gasteiger partial charge on any atom is 0.229 e. The van der Waals surface area contributed by atoms with Gasteiger partial charge in [-0.1, -0.05) is 41.9 Å². The summed E-state index contributed by atoms with van der Waals surface area (Å²) in [6, 6.07) is 11.4. The number of Topliss-reactive ketones (excluding diaryl/α,β-unsaturated/α-hetero) is 1. The molecule has 2 heterocycles. The van der Waals surface area contributed by atoms with Crippen LogP contribution in [-0.4, -0.2) is 53.0 Å². The van der Waals surface area contributed by atoms with E-state index in [-0.39, 0.29) is 10.8 Å². The molecule has 0 amide bonds. The molecule has 6 nitrogen and oxygen atoms in total. The summed E-state index contributed by atoms with van der Waals surface area (Å²) in [4.78, 5) is 19.5. The van der Waals surface area contributed by atoms with Crippen LogP contribution in [0, 0.1) is 5.41 Å². The molecule has 3 saturated carbocycles. The second-order valence-electron chi connectivity index (χ2n) is 11.2. The number of carbonyl (C=O) groups is 1. The van der Waals surface area contributed by atoms with Gasteiger partial charge in [0.2, 0.25) is 5.89 Å². The van der Waals surface area contributed by atoms with E-state index in [1.165, 1.54) is 18.4 Å². The first-order valence-electron chi connectivity index (χ1n) is 12.9. The van der Waals surface area contributed by atoms with E-state index < -0.39 is 0 Å². The number of ketones is 1. The lowest BCUT2D eigenvalue weighted by Gasteiger charge is -2.44. The fraction of sp³-hybridized carbons (Fsp3) is 0.667. The summed E-state index contributed by atoms with van der Waals surface area (Å²) < 4.78 is 5.79. The zero-order valence-corrected chi connectivity index (χ0v) is 19.8. The van der Waals surface area contributed by atoms with Crippen molar-refractivity contribution >= 4 is 5.78 Å². The number of hydrogen-bond acceptors (Lipinski definition) is 6. The summed E-state index contributed by atoms with van der Waals surface area (Å²) in [7, 11) is 0. The van der Waals surface area contributed by atoms with Crippen molar-refractivity contribution in [2.45, 2.75) is 81.6 Å². The Morgan fingerprint density at radius 2 is 1.91 bits per heavy atom. The summed E-state index contributed by atoms with van der Waals surface area (Å²) in [5, 5.41) is 8.23. The number of benzene rings is 1. The van der Waals surface area contributed by atoms with E-state index in [0.717, 1.165) is 76.4 Å². The fourth-order valence-electron chi connectivity index (χ4n) is 6.05. The number of aromatic nitrogens is 2. The number of carbonyl (C=O) groups excluding carboxylic acids is 1. The zero-order chi connectivity index (χ0) is 22.5. The number of nitrogens with one attached hydrogen (secondary N) is 1. The third-order valence-corrected chi connectivity index (χ3v) is 9.01. The van der Waals surface area contributed by atoms with Gasteiger partial charge in [-0.15, -0.1) is 0 Å². The van der Waals surface area contributed by atoms with Gasteiger partial charge in [0, 0.05) is 41.8 Å². The van der Waals surface area contributed by atoms with E-state index in [2.05, 4.69) is 45.7 Å². The molecule has 1 N–H and O–H groups in total. The van der Waals surface area contributed by atoms with Gasteiger partial charge < -0.3 is 14.7 Å². The minimum absolute atomic E-state index is 0.0586. The Kier molecular flexibility index (Phi) is 5.41. The highest BCUT2D eigenvalue weighted by Gasteiger charge is 2.50. The number of hydrogen-bond donors (Lipinski definition) is 1. The SMILES string of the molecule is CC(=O)C1(CN2CCC(c3nc(C4(CN[C@@H]5C[C@H]5c5ccccc5)CC4)no3)CC2)CCC1. The maximum atomic E-state index is 12.1. The first kappa shape index (κ1) is 21.5. The molecule has 4 fully saturated rings. The molecule has 1 aromatic carbocycles. The highest BCUT2D eigenvalue weighted by atomic mass is 16.5. The molecule has 6 rings (SSSR count). The van der Waals surface area contributed by atoms with Crippen molar-refractivity contribution in [3.05, 3.63) is 47.6 Å². The van der Waals surface area contributed by atoms with Crippen molar-refractivity contribution in [1.29, 1.82) is 0 Å². The smallest absolute Gasteiger partial charge is 0.229 e. The third kappa shape index (κ3) is 4.17. The molecule has 0 unspecified atom stereocenters. The van der Waals surface area contributed by atoms with Crippen LogP contribution < -0.4 is 5.32 Å². The Morgan fingerprint density at radius 3 is 2.55 bits per heavy atom. The predicted molar refractivity (Wildman–Crippen MR) is 126 cm³/mol. The highest BCUT2D eigenvalue weighted by molar-refractivity contribution is 5.83. The van der Waals surface area contributed by atoms with Crippen LogP contribution in [-0.2, 0) is 10.2 Å². The Labute approximate surface area is 196 Å². The molecule has 4 aliphatic rings. The second-order valence-corrected chi connectivity index (χ2v) is 11.2. The Morgan fingerprint density at radius 1 is 1.15 bits per heavy atom. The van der Waals surface area contributed by atoms with Gasteiger partial charge in [-0.05, 0) is 70.5 Å². The summed E-state index contributed by atoms with van der Waals surface area (Å²) in [5.41, 5.74) is 1.46. The van der Waals surface area contributed by atoms with E-state index in [1.54, 1.807) is 6.92 Å². The van der Waals surface area contributed by atoms with Gasteiger partial charge in [-0.2, -0.15) is 4.98 Å². The Bertz CT molecular complexity index is 987. The highest BCUT2D eigenvalue weighted by Crippen LogP contribution is 2.49. The van der Waals surface area contributed by atoms with Crippen molar-refractivity contribution in [1.82, 2.24) is 20.4 Å². The minimum atomic E-state index is -0.0586. The summed E-state index contributed by atoms with van der Waals surface area (Å²) in [6.07, 6.45) is 8.94. The van der Waals surface area contributed by atoms with E-state index in [0.29, 0.717) is 23.7 Å². The third-order valence-electron chi connectivity index (χ3n) is 9.01. The number of piperidine rings is 1. The van der Waals surface area contributed by atoms with Crippen molar-refractivity contribution in [2.75, 3.05) is 26.2 Å². The summed E-state index contributed by atoms with van der Waals surface area (Å²) >= 11 is 0. The topological polar surface area (TPSA) is 71.3 Å². The zero-order valence-electron chi connectivity index (χ0n) is 19.8. The lowest BCUT2D eigenvalue weighted by molar-refractivity contribution is -0.133. The van der Waals surface area contributed by atoms with E-state index in [9.17, 15) is 4.79 Å². The number of nitrogens with zero attached hydrogens (tertiary/aromatic N) is 3. The largest absolute Gasteiger partial charge is 0.339 e. The van der Waals surface area contributed by atoms with Gasteiger partial charge >= 0.3 is 0 Å². The van der Waals surface area contributed by atoms with E-state index >= 15 is 0 Å². The van der Waals surface area contributed by atoms with Gasteiger partial charge in [-0.25, -0.2) is 0 Å². The fourth-order valence-corrected chi connectivity index (χ4v) is 6.05. The monoisotopic (exact) mass is 448 g/mol. The molecule has 33 heavy (non-hydrogen) atoms. The van der Waals surface area contributed by atoms with Crippen molar-refractivity contribution < 1.29 is 9.32 Å². The predicted octanol–water partition coefficient (Wildman–Crippen LogP) is 4.19. The van der Waals surface area contributed by atoms with Crippen LogP contribution >= 0.6 is 0 Å². The van der Waals surface area contributed by atoms with E-state index in [1.807, 2.05) is 0 Å². The molecular formula is C27H36N4O2. The molecule has 2 aromatic rings. The van der Waals surface area contributed by atoms with Crippen LogP contribution in [0.25, 0.3) is 0 Å².